The van der Waals surface area contributed by atoms with Crippen molar-refractivity contribution in [1.29, 1.82) is 0 Å². The molecule has 1 amide bonds. The first-order valence-corrected chi connectivity index (χ1v) is 6.57. The highest BCUT2D eigenvalue weighted by Gasteiger charge is 2.00. The molecule has 1 aromatic rings. The predicted octanol–water partition coefficient (Wildman–Crippen LogP) is 1.38. The van der Waals surface area contributed by atoms with E-state index in [0.717, 1.165) is 17.7 Å². The molecule has 0 atom stereocenters. The average molecular weight is 238 g/mol. The maximum Gasteiger partial charge on any atom is 0.230 e. The number of nitrogens with one attached hydrogen (secondary N) is 1. The zero-order chi connectivity index (χ0) is 11.6. The second-order valence-electron chi connectivity index (χ2n) is 3.46. The lowest BCUT2D eigenvalue weighted by molar-refractivity contribution is -0.118. The first kappa shape index (κ1) is 13.1. The van der Waals surface area contributed by atoms with Crippen LogP contribution >= 0.6 is 11.8 Å². The summed E-state index contributed by atoms with van der Waals surface area (Å²) in [6.45, 7) is 1.30. The summed E-state index contributed by atoms with van der Waals surface area (Å²) in [6, 6.07) is 9.91. The number of thioether (sulfide) groups is 1. The van der Waals surface area contributed by atoms with Gasteiger partial charge in [-0.3, -0.25) is 4.79 Å². The molecule has 1 aromatic carbocycles. The van der Waals surface area contributed by atoms with Gasteiger partial charge >= 0.3 is 0 Å². The Kier molecular flexibility index (Phi) is 6.69. The highest BCUT2D eigenvalue weighted by atomic mass is 32.2. The lowest BCUT2D eigenvalue weighted by Crippen LogP contribution is -2.24. The molecule has 0 aliphatic rings. The quantitative estimate of drug-likeness (QED) is 0.706. The normalized spacial score (nSPS) is 10.1. The van der Waals surface area contributed by atoms with Crippen LogP contribution in [0.15, 0.2) is 30.3 Å². The van der Waals surface area contributed by atoms with Gasteiger partial charge in [0.2, 0.25) is 5.91 Å². The van der Waals surface area contributed by atoms with Gasteiger partial charge in [-0.05, 0) is 24.3 Å². The molecular formula is C12H18N2OS. The van der Waals surface area contributed by atoms with Crippen molar-refractivity contribution in [1.82, 2.24) is 5.32 Å². The van der Waals surface area contributed by atoms with E-state index < -0.39 is 0 Å². The van der Waals surface area contributed by atoms with Crippen molar-refractivity contribution < 1.29 is 4.79 Å². The number of benzene rings is 1. The molecular weight excluding hydrogens is 220 g/mol. The number of hydrogen-bond donors (Lipinski definition) is 2. The van der Waals surface area contributed by atoms with Gasteiger partial charge in [-0.2, -0.15) is 11.8 Å². The number of carbonyl (C=O) groups is 1. The molecule has 0 aliphatic carbocycles. The first-order chi connectivity index (χ1) is 7.83. The molecule has 0 bridgehead atoms. The van der Waals surface area contributed by atoms with Gasteiger partial charge in [0.05, 0.1) is 5.75 Å². The van der Waals surface area contributed by atoms with Gasteiger partial charge in [-0.1, -0.05) is 30.3 Å². The third-order valence-corrected chi connectivity index (χ3v) is 3.10. The maximum absolute atomic E-state index is 11.4. The van der Waals surface area contributed by atoms with Crippen molar-refractivity contribution in [2.24, 2.45) is 5.73 Å². The van der Waals surface area contributed by atoms with Crippen LogP contribution in [0.2, 0.25) is 0 Å². The summed E-state index contributed by atoms with van der Waals surface area (Å²) < 4.78 is 0. The molecule has 0 radical (unpaired) electrons. The van der Waals surface area contributed by atoms with E-state index in [0.29, 0.717) is 18.8 Å². The smallest absolute Gasteiger partial charge is 0.230 e. The fraction of sp³-hybridized carbons (Fsp3) is 0.417. The Bertz CT molecular complexity index is 303. The Morgan fingerprint density at radius 3 is 2.75 bits per heavy atom. The molecule has 16 heavy (non-hydrogen) atoms. The van der Waals surface area contributed by atoms with Crippen molar-refractivity contribution in [3.05, 3.63) is 35.9 Å². The van der Waals surface area contributed by atoms with Crippen molar-refractivity contribution in [2.75, 3.05) is 18.1 Å². The highest BCUT2D eigenvalue weighted by Crippen LogP contribution is 2.02. The zero-order valence-electron chi connectivity index (χ0n) is 9.32. The topological polar surface area (TPSA) is 55.1 Å². The number of rotatable bonds is 7. The number of hydrogen-bond acceptors (Lipinski definition) is 3. The molecule has 0 saturated heterocycles. The van der Waals surface area contributed by atoms with Crippen LogP contribution in [-0.4, -0.2) is 24.0 Å². The molecule has 0 spiro atoms. The molecule has 88 valence electrons. The van der Waals surface area contributed by atoms with E-state index in [1.54, 1.807) is 11.8 Å². The summed E-state index contributed by atoms with van der Waals surface area (Å²) in [7, 11) is 0. The Balaban J connectivity index is 2.11. The van der Waals surface area contributed by atoms with Crippen LogP contribution in [0.1, 0.15) is 12.0 Å². The zero-order valence-corrected chi connectivity index (χ0v) is 10.1. The van der Waals surface area contributed by atoms with Crippen LogP contribution in [-0.2, 0) is 11.3 Å². The summed E-state index contributed by atoms with van der Waals surface area (Å²) in [4.78, 5) is 11.4. The van der Waals surface area contributed by atoms with E-state index >= 15 is 0 Å². The Hall–Kier alpha value is -1.00. The van der Waals surface area contributed by atoms with Crippen LogP contribution < -0.4 is 11.1 Å². The van der Waals surface area contributed by atoms with E-state index in [-0.39, 0.29) is 5.91 Å². The van der Waals surface area contributed by atoms with Crippen LogP contribution in [0, 0.1) is 0 Å². The van der Waals surface area contributed by atoms with Crippen LogP contribution in [0.4, 0.5) is 0 Å². The number of amides is 1. The third kappa shape index (κ3) is 5.78. The minimum Gasteiger partial charge on any atom is -0.351 e. The second-order valence-corrected chi connectivity index (χ2v) is 4.56. The second kappa shape index (κ2) is 8.19. The molecule has 0 fully saturated rings. The molecule has 0 heterocycles. The molecule has 0 aliphatic heterocycles. The van der Waals surface area contributed by atoms with Crippen molar-refractivity contribution in [2.45, 2.75) is 13.0 Å². The molecule has 4 heteroatoms. The fourth-order valence-corrected chi connectivity index (χ4v) is 2.00. The fourth-order valence-electron chi connectivity index (χ4n) is 1.20. The van der Waals surface area contributed by atoms with Gasteiger partial charge in [0.1, 0.15) is 0 Å². The molecule has 0 aromatic heterocycles. The summed E-state index contributed by atoms with van der Waals surface area (Å²) in [5, 5.41) is 2.88. The van der Waals surface area contributed by atoms with Gasteiger partial charge in [-0.15, -0.1) is 0 Å². The van der Waals surface area contributed by atoms with Gasteiger partial charge in [-0.25, -0.2) is 0 Å². The monoisotopic (exact) mass is 238 g/mol. The maximum atomic E-state index is 11.4. The van der Waals surface area contributed by atoms with Crippen LogP contribution in [0.25, 0.3) is 0 Å². The average Bonchev–Trinajstić information content (AvgIpc) is 2.33. The van der Waals surface area contributed by atoms with E-state index in [9.17, 15) is 4.79 Å². The SMILES string of the molecule is NCCCSCC(=O)NCc1ccccc1. The molecule has 3 nitrogen and oxygen atoms in total. The standard InChI is InChI=1S/C12H18N2OS/c13-7-4-8-16-10-12(15)14-9-11-5-2-1-3-6-11/h1-3,5-6H,4,7-10,13H2,(H,14,15). The first-order valence-electron chi connectivity index (χ1n) is 5.41. The highest BCUT2D eigenvalue weighted by molar-refractivity contribution is 7.99. The molecule has 0 saturated carbocycles. The van der Waals surface area contributed by atoms with E-state index in [1.807, 2.05) is 30.3 Å². The minimum atomic E-state index is 0.0888. The lowest BCUT2D eigenvalue weighted by atomic mass is 10.2. The Morgan fingerprint density at radius 1 is 1.31 bits per heavy atom. The van der Waals surface area contributed by atoms with Gasteiger partial charge in [0.25, 0.3) is 0 Å². The van der Waals surface area contributed by atoms with Crippen molar-refractivity contribution >= 4 is 17.7 Å². The Morgan fingerprint density at radius 2 is 2.06 bits per heavy atom. The predicted molar refractivity (Wildman–Crippen MR) is 69.3 cm³/mol. The summed E-state index contributed by atoms with van der Waals surface area (Å²) in [5.41, 5.74) is 6.49. The Labute approximate surface area is 101 Å². The number of nitrogens with two attached hydrogens (primary N) is 1. The minimum absolute atomic E-state index is 0.0888. The summed E-state index contributed by atoms with van der Waals surface area (Å²) in [5.74, 6) is 1.56. The summed E-state index contributed by atoms with van der Waals surface area (Å²) in [6.07, 6.45) is 0.969. The largest absolute Gasteiger partial charge is 0.351 e. The van der Waals surface area contributed by atoms with Crippen molar-refractivity contribution in [3.63, 3.8) is 0 Å². The van der Waals surface area contributed by atoms with Gasteiger partial charge < -0.3 is 11.1 Å². The van der Waals surface area contributed by atoms with E-state index in [4.69, 9.17) is 5.73 Å². The molecule has 1 rings (SSSR count). The number of carbonyl (C=O) groups excluding carboxylic acids is 1. The van der Waals surface area contributed by atoms with Crippen LogP contribution in [0.5, 0.6) is 0 Å². The lowest BCUT2D eigenvalue weighted by Gasteiger charge is -2.04. The summed E-state index contributed by atoms with van der Waals surface area (Å²) >= 11 is 1.63. The van der Waals surface area contributed by atoms with Gasteiger partial charge in [0.15, 0.2) is 0 Å². The molecule has 3 N–H and O–H groups in total. The van der Waals surface area contributed by atoms with Gasteiger partial charge in [0, 0.05) is 6.54 Å². The van der Waals surface area contributed by atoms with E-state index in [1.165, 1.54) is 0 Å². The van der Waals surface area contributed by atoms with E-state index in [2.05, 4.69) is 5.32 Å². The van der Waals surface area contributed by atoms with Crippen molar-refractivity contribution in [3.8, 4) is 0 Å². The third-order valence-electron chi connectivity index (χ3n) is 2.06. The molecule has 0 unspecified atom stereocenters. The van der Waals surface area contributed by atoms with Crippen LogP contribution in [0.3, 0.4) is 0 Å².